The Bertz CT molecular complexity index is 3120. The van der Waals surface area contributed by atoms with E-state index in [9.17, 15) is 0 Å². The minimum Gasteiger partial charge on any atom is -0.293 e. The van der Waals surface area contributed by atoms with Gasteiger partial charge < -0.3 is 0 Å². The van der Waals surface area contributed by atoms with Crippen molar-refractivity contribution in [1.82, 2.24) is 9.55 Å². The fraction of sp³-hybridized carbons (Fsp3) is 0.0755. The van der Waals surface area contributed by atoms with E-state index in [0.29, 0.717) is 0 Å². The Morgan fingerprint density at radius 2 is 1.04 bits per heavy atom. The zero-order valence-electron chi connectivity index (χ0n) is 30.5. The maximum Gasteiger partial charge on any atom is 0.145 e. The molecule has 0 N–H and O–H groups in total. The lowest BCUT2D eigenvalue weighted by Gasteiger charge is -2.20. The lowest BCUT2D eigenvalue weighted by molar-refractivity contribution is 0.936. The van der Waals surface area contributed by atoms with Crippen molar-refractivity contribution in [3.05, 3.63) is 186 Å². The lowest BCUT2D eigenvalue weighted by Crippen LogP contribution is -2.31. The molecule has 260 valence electrons. The van der Waals surface area contributed by atoms with Crippen molar-refractivity contribution < 1.29 is 0 Å². The second-order valence-electron chi connectivity index (χ2n) is 14.8. The highest BCUT2D eigenvalue weighted by Gasteiger charge is 2.21. The van der Waals surface area contributed by atoms with Crippen LogP contribution < -0.4 is 10.4 Å². The number of nitrogens with zero attached hydrogens (tertiary/aromatic N) is 2. The minimum atomic E-state index is 0.965. The minimum absolute atomic E-state index is 0.965. The third-order valence-corrected chi connectivity index (χ3v) is 11.7. The molecule has 0 fully saturated rings. The molecule has 0 spiro atoms. The summed E-state index contributed by atoms with van der Waals surface area (Å²) in [5, 5.41) is 10.4. The normalized spacial score (nSPS) is 13.4. The van der Waals surface area contributed by atoms with Crippen molar-refractivity contribution in [1.29, 1.82) is 0 Å². The summed E-state index contributed by atoms with van der Waals surface area (Å²) in [5.74, 6) is 0.990. The van der Waals surface area contributed by atoms with E-state index < -0.39 is 0 Å². The van der Waals surface area contributed by atoms with Crippen LogP contribution in [0.1, 0.15) is 30.7 Å². The number of aryl methyl sites for hydroxylation is 1. The molecule has 55 heavy (non-hydrogen) atoms. The van der Waals surface area contributed by atoms with Crippen molar-refractivity contribution in [2.24, 2.45) is 0 Å². The molecule has 2 aliphatic carbocycles. The summed E-state index contributed by atoms with van der Waals surface area (Å²) in [6.45, 7) is 0. The van der Waals surface area contributed by atoms with E-state index in [4.69, 9.17) is 4.98 Å². The summed E-state index contributed by atoms with van der Waals surface area (Å²) in [4.78, 5) is 5.22. The topological polar surface area (TPSA) is 17.8 Å². The number of benzene rings is 8. The Hall–Kier alpha value is -6.77. The van der Waals surface area contributed by atoms with Crippen molar-refractivity contribution in [3.8, 4) is 50.5 Å². The molecular weight excluding hydrogens is 665 g/mol. The van der Waals surface area contributed by atoms with Crippen LogP contribution in [0.3, 0.4) is 0 Å². The van der Waals surface area contributed by atoms with E-state index in [-0.39, 0.29) is 0 Å². The molecule has 0 unspecified atom stereocenters. The molecule has 0 radical (unpaired) electrons. The van der Waals surface area contributed by atoms with Crippen LogP contribution >= 0.6 is 0 Å². The number of aromatic nitrogens is 2. The Balaban J connectivity index is 1.15. The molecule has 1 heterocycles. The van der Waals surface area contributed by atoms with Crippen LogP contribution in [0.15, 0.2) is 164 Å². The second kappa shape index (κ2) is 13.0. The fourth-order valence-corrected chi connectivity index (χ4v) is 9.15. The van der Waals surface area contributed by atoms with Crippen molar-refractivity contribution in [2.75, 3.05) is 0 Å². The molecular formula is C53H38N2. The molecule has 0 saturated carbocycles. The molecule has 0 bridgehead atoms. The number of allylic oxidation sites excluding steroid dienone is 1. The van der Waals surface area contributed by atoms with Crippen molar-refractivity contribution in [2.45, 2.75) is 25.7 Å². The highest BCUT2D eigenvalue weighted by Crippen LogP contribution is 2.40. The second-order valence-corrected chi connectivity index (χ2v) is 14.8. The molecule has 0 aliphatic heterocycles. The highest BCUT2D eigenvalue weighted by molar-refractivity contribution is 6.13. The monoisotopic (exact) mass is 702 g/mol. The smallest absolute Gasteiger partial charge is 0.145 e. The first-order valence-electron chi connectivity index (χ1n) is 19.5. The van der Waals surface area contributed by atoms with Crippen LogP contribution in [0.5, 0.6) is 0 Å². The van der Waals surface area contributed by atoms with Gasteiger partial charge in [-0.1, -0.05) is 158 Å². The van der Waals surface area contributed by atoms with E-state index in [1.807, 2.05) is 0 Å². The van der Waals surface area contributed by atoms with E-state index in [1.165, 1.54) is 87.5 Å². The molecule has 8 aromatic carbocycles. The van der Waals surface area contributed by atoms with Gasteiger partial charge in [0.05, 0.1) is 11.4 Å². The number of rotatable bonds is 5. The predicted molar refractivity (Wildman–Crippen MR) is 233 cm³/mol. The number of imidazole rings is 1. The van der Waals surface area contributed by atoms with Gasteiger partial charge in [-0.25, -0.2) is 4.98 Å². The number of hydrogen-bond donors (Lipinski definition) is 0. The summed E-state index contributed by atoms with van der Waals surface area (Å²) >= 11 is 0. The van der Waals surface area contributed by atoms with Gasteiger partial charge in [0.25, 0.3) is 0 Å². The zero-order valence-corrected chi connectivity index (χ0v) is 30.5. The Morgan fingerprint density at radius 3 is 1.73 bits per heavy atom. The molecule has 0 amide bonds. The summed E-state index contributed by atoms with van der Waals surface area (Å²) in [5.41, 5.74) is 12.2. The average Bonchev–Trinajstić information content (AvgIpc) is 3.65. The highest BCUT2D eigenvalue weighted by atomic mass is 15.1. The molecule has 9 aromatic rings. The maximum absolute atomic E-state index is 5.22. The molecule has 2 heteroatoms. The lowest BCUT2D eigenvalue weighted by atomic mass is 9.83. The molecule has 11 rings (SSSR count). The van der Waals surface area contributed by atoms with Gasteiger partial charge in [0.2, 0.25) is 0 Å². The van der Waals surface area contributed by atoms with Gasteiger partial charge in [-0.05, 0) is 126 Å². The number of para-hydroxylation sites is 1. The van der Waals surface area contributed by atoms with Crippen LogP contribution in [0, 0.1) is 0 Å². The number of fused-ring (bicyclic) bond motifs is 5. The quantitative estimate of drug-likeness (QED) is 0.175. The molecule has 0 saturated heterocycles. The van der Waals surface area contributed by atoms with Gasteiger partial charge >= 0.3 is 0 Å². The molecule has 0 atom stereocenters. The van der Waals surface area contributed by atoms with Crippen LogP contribution in [-0.2, 0) is 6.42 Å². The van der Waals surface area contributed by atoms with Crippen LogP contribution in [0.2, 0.25) is 0 Å². The molecule has 2 nitrogen and oxygen atoms in total. The Labute approximate surface area is 320 Å². The first-order chi connectivity index (χ1) is 27.3. The van der Waals surface area contributed by atoms with Gasteiger partial charge in [0, 0.05) is 11.3 Å². The Morgan fingerprint density at radius 1 is 0.455 bits per heavy atom. The standard InChI is InChI=1S/C53H38N2/c1-2-18-40(19-3-1)55-50-27-11-10-26-49(50)54-53(55)38-30-28-35(29-31-38)39-32-33-47-48(34-39)52(44-25-13-17-37-15-5-7-21-42(37)44)46-23-9-8-22-45(46)51(47)43-24-12-16-36-14-4-6-20-41(36)43/h1-7,11-25,27-34H,8-10,26H2. The molecule has 1 aromatic heterocycles. The zero-order chi connectivity index (χ0) is 36.3. The van der Waals surface area contributed by atoms with Gasteiger partial charge in [-0.2, -0.15) is 0 Å². The summed E-state index contributed by atoms with van der Waals surface area (Å²) in [6.07, 6.45) is 13.5. The SMILES string of the molecule is C1=Cc2c(nc(-c3ccc(-c4ccc5c(-c6cccc7ccccc67)c6c(c(-c7cccc8ccccc78)c5c4)=CCCC=6)cc3)n2-c2ccccc2)CC1. The Kier molecular flexibility index (Phi) is 7.48. The van der Waals surface area contributed by atoms with Crippen molar-refractivity contribution >= 4 is 50.5 Å². The third kappa shape index (κ3) is 5.21. The van der Waals surface area contributed by atoms with E-state index in [2.05, 4.69) is 187 Å². The maximum atomic E-state index is 5.22. The predicted octanol–water partition coefficient (Wildman–Crippen LogP) is 12.3. The van der Waals surface area contributed by atoms with Gasteiger partial charge in [0.1, 0.15) is 5.82 Å². The van der Waals surface area contributed by atoms with Crippen LogP contribution in [-0.4, -0.2) is 9.55 Å². The fourth-order valence-electron chi connectivity index (χ4n) is 9.15. The van der Waals surface area contributed by atoms with Crippen LogP contribution in [0.4, 0.5) is 0 Å². The van der Waals surface area contributed by atoms with E-state index in [1.54, 1.807) is 0 Å². The average molecular weight is 703 g/mol. The van der Waals surface area contributed by atoms with Gasteiger partial charge in [0.15, 0.2) is 0 Å². The third-order valence-electron chi connectivity index (χ3n) is 11.7. The van der Waals surface area contributed by atoms with Gasteiger partial charge in [-0.3, -0.25) is 4.57 Å². The molecule has 2 aliphatic rings. The summed E-state index contributed by atoms with van der Waals surface area (Å²) in [7, 11) is 0. The van der Waals surface area contributed by atoms with E-state index in [0.717, 1.165) is 42.8 Å². The van der Waals surface area contributed by atoms with Crippen LogP contribution in [0.25, 0.3) is 101 Å². The summed E-state index contributed by atoms with van der Waals surface area (Å²) in [6, 6.07) is 58.0. The summed E-state index contributed by atoms with van der Waals surface area (Å²) < 4.78 is 2.32. The first-order valence-corrected chi connectivity index (χ1v) is 19.5. The van der Waals surface area contributed by atoms with E-state index >= 15 is 0 Å². The van der Waals surface area contributed by atoms with Crippen molar-refractivity contribution in [3.63, 3.8) is 0 Å². The van der Waals surface area contributed by atoms with Gasteiger partial charge in [-0.15, -0.1) is 0 Å². The first kappa shape index (κ1) is 31.7. The number of hydrogen-bond acceptors (Lipinski definition) is 1. The largest absolute Gasteiger partial charge is 0.293 e.